The number of hydrogen-bond acceptors (Lipinski definition) is 5. The second-order valence-electron chi connectivity index (χ2n) is 10.5. The van der Waals surface area contributed by atoms with Gasteiger partial charge in [0.2, 0.25) is 0 Å². The summed E-state index contributed by atoms with van der Waals surface area (Å²) in [5, 5.41) is 13.5. The molecule has 3 aromatic rings. The van der Waals surface area contributed by atoms with Gasteiger partial charge in [0.25, 0.3) is 0 Å². The first-order valence-electron chi connectivity index (χ1n) is 12.7. The molecular weight excluding hydrogens is 465 g/mol. The average Bonchev–Trinajstić information content (AvgIpc) is 3.54. The maximum Gasteiger partial charge on any atom is 0.395 e. The van der Waals surface area contributed by atoms with Crippen molar-refractivity contribution < 1.29 is 13.2 Å². The Morgan fingerprint density at radius 2 is 1.92 bits per heavy atom. The lowest BCUT2D eigenvalue weighted by Crippen LogP contribution is -2.42. The number of rotatable bonds is 6. The van der Waals surface area contributed by atoms with Gasteiger partial charge in [-0.1, -0.05) is 18.7 Å². The summed E-state index contributed by atoms with van der Waals surface area (Å²) < 4.78 is 42.0. The van der Waals surface area contributed by atoms with Crippen molar-refractivity contribution in [1.82, 2.24) is 25.0 Å². The maximum absolute atomic E-state index is 13.3. The molecule has 36 heavy (non-hydrogen) atoms. The molecule has 0 spiro atoms. The molecule has 2 aromatic heterocycles. The highest BCUT2D eigenvalue weighted by Gasteiger charge is 2.63. The molecule has 1 saturated carbocycles. The molecule has 3 aliphatic rings. The lowest BCUT2D eigenvalue weighted by atomic mass is 9.92. The van der Waals surface area contributed by atoms with E-state index in [4.69, 9.17) is 0 Å². The summed E-state index contributed by atoms with van der Waals surface area (Å²) in [6.07, 6.45) is 1.85. The van der Waals surface area contributed by atoms with Crippen LogP contribution in [0.4, 0.5) is 19.0 Å². The van der Waals surface area contributed by atoms with E-state index in [0.717, 1.165) is 65.9 Å². The summed E-state index contributed by atoms with van der Waals surface area (Å²) in [5.41, 5.74) is 2.89. The van der Waals surface area contributed by atoms with Gasteiger partial charge in [-0.2, -0.15) is 18.3 Å². The Morgan fingerprint density at radius 3 is 2.67 bits per heavy atom. The molecular formula is C27H31F3N6. The zero-order valence-electron chi connectivity index (χ0n) is 20.2. The van der Waals surface area contributed by atoms with E-state index in [0.29, 0.717) is 13.1 Å². The first-order chi connectivity index (χ1) is 17.3. The monoisotopic (exact) mass is 496 g/mol. The molecule has 0 atom stereocenters. The molecule has 0 bridgehead atoms. The van der Waals surface area contributed by atoms with Gasteiger partial charge in [-0.15, -0.1) is 0 Å². The van der Waals surface area contributed by atoms with Crippen molar-refractivity contribution in [2.75, 3.05) is 31.5 Å². The van der Waals surface area contributed by atoms with Gasteiger partial charge in [-0.3, -0.25) is 4.68 Å². The zero-order valence-corrected chi connectivity index (χ0v) is 20.2. The van der Waals surface area contributed by atoms with E-state index in [-0.39, 0.29) is 25.3 Å². The minimum atomic E-state index is -4.09. The highest BCUT2D eigenvalue weighted by molar-refractivity contribution is 5.88. The van der Waals surface area contributed by atoms with Gasteiger partial charge in [-0.25, -0.2) is 4.98 Å². The molecule has 0 unspecified atom stereocenters. The van der Waals surface area contributed by atoms with Gasteiger partial charge in [0, 0.05) is 48.4 Å². The van der Waals surface area contributed by atoms with Gasteiger partial charge in [0.1, 0.15) is 5.82 Å². The van der Waals surface area contributed by atoms with Crippen molar-refractivity contribution in [3.63, 3.8) is 0 Å². The Balaban J connectivity index is 1.11. The molecule has 2 fully saturated rings. The van der Waals surface area contributed by atoms with Crippen LogP contribution >= 0.6 is 0 Å². The van der Waals surface area contributed by atoms with E-state index >= 15 is 0 Å². The summed E-state index contributed by atoms with van der Waals surface area (Å²) in [5.74, 6) is 0.956. The number of nitrogens with one attached hydrogen (secondary N) is 2. The normalized spacial score (nSPS) is 20.3. The molecule has 9 heteroatoms. The van der Waals surface area contributed by atoms with Crippen LogP contribution in [-0.2, 0) is 13.1 Å². The van der Waals surface area contributed by atoms with E-state index in [1.165, 1.54) is 5.69 Å². The fourth-order valence-electron chi connectivity index (χ4n) is 5.62. The van der Waals surface area contributed by atoms with Crippen molar-refractivity contribution in [2.45, 2.75) is 44.9 Å². The third-order valence-electron chi connectivity index (χ3n) is 8.12. The molecule has 6 rings (SSSR count). The van der Waals surface area contributed by atoms with Crippen LogP contribution in [-0.4, -0.2) is 52.0 Å². The standard InChI is InChI=1S/C27H31F3N6/c1-18(19-4-9-35(10-5-19)17-26(6-7-26)27(28,29)30)34-25-13-22-12-20(2-3-21(22)14-32-25)23-15-33-36-11-8-31-16-24(23)36/h2-3,12-15,19,31H,1,4-11,16-17H2,(H,32,34). The van der Waals surface area contributed by atoms with Crippen LogP contribution in [0.15, 0.2) is 48.9 Å². The summed E-state index contributed by atoms with van der Waals surface area (Å²) in [4.78, 5) is 6.55. The Bertz CT molecular complexity index is 1280. The van der Waals surface area contributed by atoms with Gasteiger partial charge in [-0.05, 0) is 61.9 Å². The SMILES string of the molecule is C=C(Nc1cc2cc(-c3cnn4c3CNCC4)ccc2cn1)C1CCN(CC2(C(F)(F)F)CC2)CC1. The van der Waals surface area contributed by atoms with Crippen LogP contribution in [0.2, 0.25) is 0 Å². The van der Waals surface area contributed by atoms with Crippen molar-refractivity contribution in [2.24, 2.45) is 11.3 Å². The molecule has 0 amide bonds. The highest BCUT2D eigenvalue weighted by atomic mass is 19.4. The molecule has 6 nitrogen and oxygen atoms in total. The lowest BCUT2D eigenvalue weighted by molar-refractivity contribution is -0.192. The second-order valence-corrected chi connectivity index (χ2v) is 10.5. The minimum Gasteiger partial charge on any atom is -0.344 e. The first-order valence-corrected chi connectivity index (χ1v) is 12.7. The fraction of sp³-hybridized carbons (Fsp3) is 0.481. The number of nitrogens with zero attached hydrogens (tertiary/aromatic N) is 4. The molecule has 0 radical (unpaired) electrons. The first kappa shape index (κ1) is 23.5. The third kappa shape index (κ3) is 4.39. The van der Waals surface area contributed by atoms with Crippen molar-refractivity contribution in [3.8, 4) is 11.1 Å². The third-order valence-corrected chi connectivity index (χ3v) is 8.12. The molecule has 190 valence electrons. The zero-order chi connectivity index (χ0) is 24.9. The van der Waals surface area contributed by atoms with Crippen LogP contribution in [0.3, 0.4) is 0 Å². The lowest BCUT2D eigenvalue weighted by Gasteiger charge is -2.35. The van der Waals surface area contributed by atoms with E-state index in [1.54, 1.807) is 0 Å². The predicted octanol–water partition coefficient (Wildman–Crippen LogP) is 5.18. The summed E-state index contributed by atoms with van der Waals surface area (Å²) in [6.45, 7) is 8.34. The molecule has 4 heterocycles. The highest BCUT2D eigenvalue weighted by Crippen LogP contribution is 2.58. The van der Waals surface area contributed by atoms with Crippen LogP contribution in [0, 0.1) is 11.3 Å². The van der Waals surface area contributed by atoms with E-state index in [9.17, 15) is 13.2 Å². The molecule has 1 aromatic carbocycles. The smallest absolute Gasteiger partial charge is 0.344 e. The largest absolute Gasteiger partial charge is 0.395 e. The number of alkyl halides is 3. The van der Waals surface area contributed by atoms with Gasteiger partial charge in [0.15, 0.2) is 0 Å². The number of likely N-dealkylation sites (tertiary alicyclic amines) is 1. The molecule has 2 aliphatic heterocycles. The number of piperidine rings is 1. The van der Waals surface area contributed by atoms with E-state index in [1.807, 2.05) is 23.4 Å². The van der Waals surface area contributed by atoms with Gasteiger partial charge < -0.3 is 15.5 Å². The van der Waals surface area contributed by atoms with Crippen molar-refractivity contribution in [3.05, 3.63) is 54.6 Å². The quantitative estimate of drug-likeness (QED) is 0.493. The number of hydrogen-bond donors (Lipinski definition) is 2. The van der Waals surface area contributed by atoms with Gasteiger partial charge >= 0.3 is 6.18 Å². The van der Waals surface area contributed by atoms with Crippen LogP contribution in [0.25, 0.3) is 21.9 Å². The Morgan fingerprint density at radius 1 is 1.11 bits per heavy atom. The topological polar surface area (TPSA) is 58.0 Å². The van der Waals surface area contributed by atoms with E-state index in [2.05, 4.69) is 50.2 Å². The number of benzene rings is 1. The number of anilines is 1. The minimum absolute atomic E-state index is 0.133. The van der Waals surface area contributed by atoms with Crippen molar-refractivity contribution in [1.29, 1.82) is 0 Å². The number of aromatic nitrogens is 3. The number of halogens is 3. The van der Waals surface area contributed by atoms with E-state index < -0.39 is 11.6 Å². The predicted molar refractivity (Wildman–Crippen MR) is 134 cm³/mol. The van der Waals surface area contributed by atoms with Crippen LogP contribution < -0.4 is 10.6 Å². The maximum atomic E-state index is 13.3. The number of pyridine rings is 1. The van der Waals surface area contributed by atoms with Crippen LogP contribution in [0.1, 0.15) is 31.4 Å². The summed E-state index contributed by atoms with van der Waals surface area (Å²) >= 11 is 0. The molecule has 1 aliphatic carbocycles. The summed E-state index contributed by atoms with van der Waals surface area (Å²) in [6, 6.07) is 8.40. The Kier molecular flexibility index (Phi) is 5.80. The Hall–Kier alpha value is -2.91. The van der Waals surface area contributed by atoms with Crippen molar-refractivity contribution >= 4 is 16.6 Å². The molecule has 1 saturated heterocycles. The van der Waals surface area contributed by atoms with Crippen LogP contribution in [0.5, 0.6) is 0 Å². The Labute approximate surface area is 208 Å². The average molecular weight is 497 g/mol. The fourth-order valence-corrected chi connectivity index (χ4v) is 5.62. The number of allylic oxidation sites excluding steroid dienone is 1. The second kappa shape index (κ2) is 8.88. The number of fused-ring (bicyclic) bond motifs is 2. The van der Waals surface area contributed by atoms with Gasteiger partial charge in [0.05, 0.1) is 23.9 Å². The summed E-state index contributed by atoms with van der Waals surface area (Å²) in [7, 11) is 0. The molecule has 2 N–H and O–H groups in total.